The SMILES string of the molecule is c1ccc(OC2CCC(NC3CCCCC3)CC2)cc1. The highest BCUT2D eigenvalue weighted by atomic mass is 16.5. The van der Waals surface area contributed by atoms with Crippen LogP contribution in [0.2, 0.25) is 0 Å². The highest BCUT2D eigenvalue weighted by Crippen LogP contribution is 2.25. The molecular formula is C18H27NO. The lowest BCUT2D eigenvalue weighted by molar-refractivity contribution is 0.134. The molecule has 0 atom stereocenters. The summed E-state index contributed by atoms with van der Waals surface area (Å²) in [5.74, 6) is 1.02. The maximum atomic E-state index is 6.07. The molecule has 2 saturated carbocycles. The summed E-state index contributed by atoms with van der Waals surface area (Å²) in [5.41, 5.74) is 0. The lowest BCUT2D eigenvalue weighted by atomic mass is 9.89. The van der Waals surface area contributed by atoms with E-state index in [1.54, 1.807) is 0 Å². The van der Waals surface area contributed by atoms with Crippen molar-refractivity contribution in [3.8, 4) is 5.75 Å². The van der Waals surface area contributed by atoms with Crippen LogP contribution in [0.25, 0.3) is 0 Å². The molecule has 0 radical (unpaired) electrons. The maximum Gasteiger partial charge on any atom is 0.119 e. The number of para-hydroxylation sites is 1. The van der Waals surface area contributed by atoms with Crippen LogP contribution in [0.3, 0.4) is 0 Å². The van der Waals surface area contributed by atoms with Gasteiger partial charge in [-0.05, 0) is 50.7 Å². The van der Waals surface area contributed by atoms with E-state index in [0.717, 1.165) is 17.8 Å². The standard InChI is InChI=1S/C18H27NO/c1-3-7-15(8-4-1)19-16-11-13-18(14-12-16)20-17-9-5-2-6-10-17/h2,5-6,9-10,15-16,18-19H,1,3-4,7-8,11-14H2. The molecule has 0 spiro atoms. The molecule has 0 unspecified atom stereocenters. The Morgan fingerprint density at radius 1 is 0.750 bits per heavy atom. The molecular weight excluding hydrogens is 246 g/mol. The molecule has 1 aromatic rings. The van der Waals surface area contributed by atoms with Crippen LogP contribution in [-0.2, 0) is 0 Å². The summed E-state index contributed by atoms with van der Waals surface area (Å²) >= 11 is 0. The summed E-state index contributed by atoms with van der Waals surface area (Å²) in [5, 5.41) is 3.89. The lowest BCUT2D eigenvalue weighted by Crippen LogP contribution is -2.42. The van der Waals surface area contributed by atoms with E-state index in [2.05, 4.69) is 17.4 Å². The largest absolute Gasteiger partial charge is 0.490 e. The van der Waals surface area contributed by atoms with Gasteiger partial charge in [-0.2, -0.15) is 0 Å². The van der Waals surface area contributed by atoms with E-state index in [1.807, 2.05) is 18.2 Å². The third-order valence-corrected chi connectivity index (χ3v) is 4.80. The smallest absolute Gasteiger partial charge is 0.119 e. The van der Waals surface area contributed by atoms with E-state index in [0.29, 0.717) is 6.10 Å². The Morgan fingerprint density at radius 2 is 1.40 bits per heavy atom. The van der Waals surface area contributed by atoms with Crippen LogP contribution in [0.4, 0.5) is 0 Å². The van der Waals surface area contributed by atoms with Gasteiger partial charge < -0.3 is 10.1 Å². The van der Waals surface area contributed by atoms with E-state index in [4.69, 9.17) is 4.74 Å². The van der Waals surface area contributed by atoms with Crippen LogP contribution in [0.1, 0.15) is 57.8 Å². The zero-order valence-electron chi connectivity index (χ0n) is 12.4. The Kier molecular flexibility index (Phi) is 4.96. The molecule has 2 aliphatic rings. The number of rotatable bonds is 4. The topological polar surface area (TPSA) is 21.3 Å². The van der Waals surface area contributed by atoms with E-state index in [1.165, 1.54) is 57.8 Å². The number of ether oxygens (including phenoxy) is 1. The van der Waals surface area contributed by atoms with E-state index in [-0.39, 0.29) is 0 Å². The van der Waals surface area contributed by atoms with Crippen molar-refractivity contribution >= 4 is 0 Å². The normalized spacial score (nSPS) is 28.2. The predicted octanol–water partition coefficient (Wildman–Crippen LogP) is 4.30. The van der Waals surface area contributed by atoms with Crippen LogP contribution < -0.4 is 10.1 Å². The van der Waals surface area contributed by atoms with Crippen LogP contribution in [0.15, 0.2) is 30.3 Å². The quantitative estimate of drug-likeness (QED) is 0.883. The van der Waals surface area contributed by atoms with Gasteiger partial charge in [0.05, 0.1) is 6.10 Å². The summed E-state index contributed by atoms with van der Waals surface area (Å²) in [6, 6.07) is 11.8. The van der Waals surface area contributed by atoms with Crippen molar-refractivity contribution in [2.45, 2.75) is 76.0 Å². The van der Waals surface area contributed by atoms with Crippen molar-refractivity contribution in [1.29, 1.82) is 0 Å². The molecule has 0 amide bonds. The van der Waals surface area contributed by atoms with Crippen molar-refractivity contribution in [3.05, 3.63) is 30.3 Å². The predicted molar refractivity (Wildman–Crippen MR) is 83.1 cm³/mol. The van der Waals surface area contributed by atoms with Gasteiger partial charge in [0.25, 0.3) is 0 Å². The summed E-state index contributed by atoms with van der Waals surface area (Å²) in [6.45, 7) is 0. The summed E-state index contributed by atoms with van der Waals surface area (Å²) in [4.78, 5) is 0. The fourth-order valence-corrected chi connectivity index (χ4v) is 3.64. The molecule has 3 rings (SSSR count). The van der Waals surface area contributed by atoms with Crippen LogP contribution in [0, 0.1) is 0 Å². The Labute approximate surface area is 122 Å². The number of hydrogen-bond acceptors (Lipinski definition) is 2. The molecule has 1 aromatic carbocycles. The molecule has 0 bridgehead atoms. The zero-order chi connectivity index (χ0) is 13.6. The van der Waals surface area contributed by atoms with Gasteiger partial charge >= 0.3 is 0 Å². The van der Waals surface area contributed by atoms with Gasteiger partial charge in [0.15, 0.2) is 0 Å². The average molecular weight is 273 g/mol. The summed E-state index contributed by atoms with van der Waals surface area (Å²) in [7, 11) is 0. The molecule has 0 saturated heterocycles. The van der Waals surface area contributed by atoms with Crippen molar-refractivity contribution in [1.82, 2.24) is 5.32 Å². The van der Waals surface area contributed by atoms with Gasteiger partial charge in [0, 0.05) is 12.1 Å². The second-order valence-electron chi connectivity index (χ2n) is 6.41. The second kappa shape index (κ2) is 7.12. The van der Waals surface area contributed by atoms with Gasteiger partial charge in [-0.1, -0.05) is 37.5 Å². The number of benzene rings is 1. The molecule has 110 valence electrons. The maximum absolute atomic E-state index is 6.07. The van der Waals surface area contributed by atoms with Crippen molar-refractivity contribution in [2.24, 2.45) is 0 Å². The average Bonchev–Trinajstić information content (AvgIpc) is 2.51. The molecule has 20 heavy (non-hydrogen) atoms. The second-order valence-corrected chi connectivity index (χ2v) is 6.41. The van der Waals surface area contributed by atoms with Crippen LogP contribution in [0.5, 0.6) is 5.75 Å². The zero-order valence-corrected chi connectivity index (χ0v) is 12.4. The fourth-order valence-electron chi connectivity index (χ4n) is 3.64. The minimum absolute atomic E-state index is 0.418. The Bertz CT molecular complexity index is 378. The molecule has 0 aromatic heterocycles. The van der Waals surface area contributed by atoms with Gasteiger partial charge in [0.2, 0.25) is 0 Å². The Balaban J connectivity index is 1.40. The molecule has 2 heteroatoms. The molecule has 1 N–H and O–H groups in total. The Hall–Kier alpha value is -1.02. The van der Waals surface area contributed by atoms with Crippen LogP contribution >= 0.6 is 0 Å². The Morgan fingerprint density at radius 3 is 2.10 bits per heavy atom. The van der Waals surface area contributed by atoms with Crippen molar-refractivity contribution < 1.29 is 4.74 Å². The first kappa shape index (κ1) is 13.9. The highest BCUT2D eigenvalue weighted by Gasteiger charge is 2.24. The molecule has 2 nitrogen and oxygen atoms in total. The first-order valence-electron chi connectivity index (χ1n) is 8.38. The third kappa shape index (κ3) is 3.99. The van der Waals surface area contributed by atoms with E-state index >= 15 is 0 Å². The molecule has 2 fully saturated rings. The minimum atomic E-state index is 0.418. The fraction of sp³-hybridized carbons (Fsp3) is 0.667. The monoisotopic (exact) mass is 273 g/mol. The third-order valence-electron chi connectivity index (χ3n) is 4.80. The minimum Gasteiger partial charge on any atom is -0.490 e. The molecule has 2 aliphatic carbocycles. The highest BCUT2D eigenvalue weighted by molar-refractivity contribution is 5.21. The van der Waals surface area contributed by atoms with Gasteiger partial charge in [0.1, 0.15) is 5.75 Å². The first-order valence-corrected chi connectivity index (χ1v) is 8.38. The lowest BCUT2D eigenvalue weighted by Gasteiger charge is -2.33. The van der Waals surface area contributed by atoms with Gasteiger partial charge in [-0.15, -0.1) is 0 Å². The van der Waals surface area contributed by atoms with Crippen molar-refractivity contribution in [3.63, 3.8) is 0 Å². The first-order chi connectivity index (χ1) is 9.90. The van der Waals surface area contributed by atoms with Gasteiger partial charge in [-0.3, -0.25) is 0 Å². The van der Waals surface area contributed by atoms with E-state index < -0.39 is 0 Å². The summed E-state index contributed by atoms with van der Waals surface area (Å²) in [6.07, 6.45) is 12.4. The van der Waals surface area contributed by atoms with Gasteiger partial charge in [-0.25, -0.2) is 0 Å². The van der Waals surface area contributed by atoms with Crippen molar-refractivity contribution in [2.75, 3.05) is 0 Å². The van der Waals surface area contributed by atoms with Crippen LogP contribution in [-0.4, -0.2) is 18.2 Å². The summed E-state index contributed by atoms with van der Waals surface area (Å²) < 4.78 is 6.07. The molecule has 0 heterocycles. The molecule has 0 aliphatic heterocycles. The number of hydrogen-bond donors (Lipinski definition) is 1. The van der Waals surface area contributed by atoms with E-state index in [9.17, 15) is 0 Å². The number of nitrogens with one attached hydrogen (secondary N) is 1.